The van der Waals surface area contributed by atoms with Crippen LogP contribution in [0.2, 0.25) is 0 Å². The number of carbonyl (C=O) groups excluding carboxylic acids is 1. The summed E-state index contributed by atoms with van der Waals surface area (Å²) in [5, 5.41) is 3.14. The molecule has 0 amide bonds. The SMILES string of the molecule is CCOC(=O)CCCOc1cccc(S/C=C/c2ccc3ccc(Br)cc3n2)c1. The van der Waals surface area contributed by atoms with Crippen molar-refractivity contribution in [3.05, 3.63) is 70.2 Å². The molecule has 29 heavy (non-hydrogen) atoms. The van der Waals surface area contributed by atoms with Crippen LogP contribution in [0.1, 0.15) is 25.5 Å². The van der Waals surface area contributed by atoms with E-state index in [0.717, 1.165) is 31.7 Å². The van der Waals surface area contributed by atoms with Crippen LogP contribution in [0.5, 0.6) is 5.75 Å². The Balaban J connectivity index is 1.53. The third kappa shape index (κ3) is 6.91. The summed E-state index contributed by atoms with van der Waals surface area (Å²) in [5.74, 6) is 0.612. The van der Waals surface area contributed by atoms with E-state index in [9.17, 15) is 4.79 Å². The monoisotopic (exact) mass is 471 g/mol. The lowest BCUT2D eigenvalue weighted by molar-refractivity contribution is -0.143. The molecule has 0 saturated carbocycles. The van der Waals surface area contributed by atoms with E-state index in [1.807, 2.05) is 60.0 Å². The maximum atomic E-state index is 11.3. The van der Waals surface area contributed by atoms with E-state index in [-0.39, 0.29) is 5.97 Å². The van der Waals surface area contributed by atoms with Crippen molar-refractivity contribution in [1.29, 1.82) is 0 Å². The molecule has 0 spiro atoms. The highest BCUT2D eigenvalue weighted by atomic mass is 79.9. The lowest BCUT2D eigenvalue weighted by Crippen LogP contribution is -2.06. The van der Waals surface area contributed by atoms with Gasteiger partial charge in [0.25, 0.3) is 0 Å². The first-order valence-corrected chi connectivity index (χ1v) is 11.1. The number of ether oxygens (including phenoxy) is 2. The highest BCUT2D eigenvalue weighted by molar-refractivity contribution is 9.10. The Morgan fingerprint density at radius 2 is 2.03 bits per heavy atom. The molecule has 150 valence electrons. The first-order chi connectivity index (χ1) is 14.1. The second kappa shape index (κ2) is 11.0. The zero-order valence-electron chi connectivity index (χ0n) is 16.1. The molecule has 0 fully saturated rings. The predicted molar refractivity (Wildman–Crippen MR) is 122 cm³/mol. The molecule has 1 aromatic heterocycles. The largest absolute Gasteiger partial charge is 0.494 e. The van der Waals surface area contributed by atoms with Gasteiger partial charge < -0.3 is 9.47 Å². The minimum Gasteiger partial charge on any atom is -0.494 e. The van der Waals surface area contributed by atoms with E-state index in [2.05, 4.69) is 27.0 Å². The minimum atomic E-state index is -0.180. The molecule has 0 atom stereocenters. The van der Waals surface area contributed by atoms with E-state index >= 15 is 0 Å². The molecule has 4 nitrogen and oxygen atoms in total. The summed E-state index contributed by atoms with van der Waals surface area (Å²) in [6.07, 6.45) is 3.01. The van der Waals surface area contributed by atoms with Gasteiger partial charge in [0.05, 0.1) is 24.4 Å². The number of thioether (sulfide) groups is 1. The van der Waals surface area contributed by atoms with Crippen molar-refractivity contribution in [3.63, 3.8) is 0 Å². The van der Waals surface area contributed by atoms with Crippen molar-refractivity contribution in [2.75, 3.05) is 13.2 Å². The number of carbonyl (C=O) groups is 1. The number of esters is 1. The number of nitrogens with zero attached hydrogens (tertiary/aromatic N) is 1. The van der Waals surface area contributed by atoms with Crippen molar-refractivity contribution in [2.45, 2.75) is 24.7 Å². The molecule has 1 heterocycles. The number of pyridine rings is 1. The average molecular weight is 472 g/mol. The van der Waals surface area contributed by atoms with Crippen LogP contribution in [0.4, 0.5) is 0 Å². The van der Waals surface area contributed by atoms with Crippen molar-refractivity contribution < 1.29 is 14.3 Å². The topological polar surface area (TPSA) is 48.4 Å². The van der Waals surface area contributed by atoms with Crippen LogP contribution in [0.15, 0.2) is 69.4 Å². The Morgan fingerprint density at radius 1 is 1.17 bits per heavy atom. The molecule has 0 aliphatic heterocycles. The van der Waals surface area contributed by atoms with Gasteiger partial charge in [0, 0.05) is 21.2 Å². The standard InChI is InChI=1S/C23H22BrNO3S/c1-2-27-23(26)7-4-13-28-20-5-3-6-21(16-20)29-14-12-19-11-9-17-8-10-18(24)15-22(17)25-19/h3,5-6,8-12,14-16H,2,4,7,13H2,1H3/b14-12+. The number of aromatic nitrogens is 1. The predicted octanol–water partition coefficient (Wildman–Crippen LogP) is 6.48. The highest BCUT2D eigenvalue weighted by Gasteiger charge is 2.02. The fraction of sp³-hybridized carbons (Fsp3) is 0.217. The van der Waals surface area contributed by atoms with Crippen LogP contribution in [0.3, 0.4) is 0 Å². The molecule has 0 aliphatic carbocycles. The number of benzene rings is 2. The Kier molecular flexibility index (Phi) is 8.14. The number of rotatable bonds is 9. The molecule has 3 aromatic rings. The van der Waals surface area contributed by atoms with E-state index in [1.54, 1.807) is 18.7 Å². The summed E-state index contributed by atoms with van der Waals surface area (Å²) < 4.78 is 11.7. The number of halogens is 1. The van der Waals surface area contributed by atoms with Gasteiger partial charge in [-0.25, -0.2) is 4.98 Å². The summed E-state index contributed by atoms with van der Waals surface area (Å²) in [6, 6.07) is 18.1. The number of hydrogen-bond donors (Lipinski definition) is 0. The van der Waals surface area contributed by atoms with Gasteiger partial charge in [0.2, 0.25) is 0 Å². The summed E-state index contributed by atoms with van der Waals surface area (Å²) in [5.41, 5.74) is 1.87. The fourth-order valence-corrected chi connectivity index (χ4v) is 3.71. The summed E-state index contributed by atoms with van der Waals surface area (Å²) in [4.78, 5) is 17.1. The molecule has 0 N–H and O–H groups in total. The molecular weight excluding hydrogens is 450 g/mol. The fourth-order valence-electron chi connectivity index (χ4n) is 2.66. The van der Waals surface area contributed by atoms with Crippen molar-refractivity contribution >= 4 is 50.6 Å². The zero-order valence-corrected chi connectivity index (χ0v) is 18.5. The van der Waals surface area contributed by atoms with Crippen LogP contribution >= 0.6 is 27.7 Å². The van der Waals surface area contributed by atoms with Crippen molar-refractivity contribution in [3.8, 4) is 5.75 Å². The molecule has 0 bridgehead atoms. The van der Waals surface area contributed by atoms with Crippen LogP contribution in [-0.4, -0.2) is 24.2 Å². The van der Waals surface area contributed by atoms with E-state index < -0.39 is 0 Å². The number of fused-ring (bicyclic) bond motifs is 1. The van der Waals surface area contributed by atoms with Crippen molar-refractivity contribution in [2.24, 2.45) is 0 Å². The lowest BCUT2D eigenvalue weighted by atomic mass is 10.2. The Hall–Kier alpha value is -2.31. The van der Waals surface area contributed by atoms with Crippen LogP contribution in [0, 0.1) is 0 Å². The maximum Gasteiger partial charge on any atom is 0.305 e. The number of hydrogen-bond acceptors (Lipinski definition) is 5. The average Bonchev–Trinajstić information content (AvgIpc) is 2.71. The van der Waals surface area contributed by atoms with Gasteiger partial charge in [-0.1, -0.05) is 45.9 Å². The van der Waals surface area contributed by atoms with Gasteiger partial charge in [0.15, 0.2) is 0 Å². The summed E-state index contributed by atoms with van der Waals surface area (Å²) >= 11 is 5.09. The van der Waals surface area contributed by atoms with E-state index in [4.69, 9.17) is 9.47 Å². The summed E-state index contributed by atoms with van der Waals surface area (Å²) in [6.45, 7) is 2.71. The van der Waals surface area contributed by atoms with Crippen LogP contribution < -0.4 is 4.74 Å². The molecule has 0 saturated heterocycles. The van der Waals surface area contributed by atoms with Gasteiger partial charge >= 0.3 is 5.97 Å². The zero-order chi connectivity index (χ0) is 20.5. The normalized spacial score (nSPS) is 11.1. The van der Waals surface area contributed by atoms with E-state index in [0.29, 0.717) is 26.1 Å². The second-order valence-corrected chi connectivity index (χ2v) is 8.12. The van der Waals surface area contributed by atoms with Crippen LogP contribution in [0.25, 0.3) is 17.0 Å². The maximum absolute atomic E-state index is 11.3. The van der Waals surface area contributed by atoms with Crippen LogP contribution in [-0.2, 0) is 9.53 Å². The third-order valence-corrected chi connectivity index (χ3v) is 5.31. The van der Waals surface area contributed by atoms with E-state index in [1.165, 1.54) is 0 Å². The molecular formula is C23H22BrNO3S. The van der Waals surface area contributed by atoms with Gasteiger partial charge in [0.1, 0.15) is 5.75 Å². The van der Waals surface area contributed by atoms with Gasteiger partial charge in [-0.3, -0.25) is 4.79 Å². The quantitative estimate of drug-likeness (QED) is 0.203. The minimum absolute atomic E-state index is 0.180. The first kappa shape index (κ1) is 21.4. The molecule has 0 radical (unpaired) electrons. The third-order valence-electron chi connectivity index (χ3n) is 4.02. The Morgan fingerprint density at radius 3 is 2.90 bits per heavy atom. The summed E-state index contributed by atoms with van der Waals surface area (Å²) in [7, 11) is 0. The molecule has 6 heteroatoms. The van der Waals surface area contributed by atoms with Gasteiger partial charge in [-0.2, -0.15) is 0 Å². The molecule has 3 rings (SSSR count). The molecule has 2 aromatic carbocycles. The first-order valence-electron chi connectivity index (χ1n) is 9.42. The molecule has 0 aliphatic rings. The highest BCUT2D eigenvalue weighted by Crippen LogP contribution is 2.25. The second-order valence-electron chi connectivity index (χ2n) is 6.23. The molecule has 0 unspecified atom stereocenters. The lowest BCUT2D eigenvalue weighted by Gasteiger charge is -2.07. The van der Waals surface area contributed by atoms with Crippen molar-refractivity contribution in [1.82, 2.24) is 4.98 Å². The Labute approximate surface area is 183 Å². The van der Waals surface area contributed by atoms with Gasteiger partial charge in [-0.15, -0.1) is 0 Å². The smallest absolute Gasteiger partial charge is 0.305 e. The van der Waals surface area contributed by atoms with Gasteiger partial charge in [-0.05, 0) is 61.2 Å². The Bertz CT molecular complexity index is 1010.